The van der Waals surface area contributed by atoms with Gasteiger partial charge in [0.25, 0.3) is 5.91 Å². The van der Waals surface area contributed by atoms with Gasteiger partial charge in [-0.1, -0.05) is 29.8 Å². The molecular weight excluding hydrogens is 436 g/mol. The third-order valence-electron chi connectivity index (χ3n) is 6.06. The summed E-state index contributed by atoms with van der Waals surface area (Å²) >= 11 is 6.22. The summed E-state index contributed by atoms with van der Waals surface area (Å²) in [5.74, 6) is -0.233. The summed E-state index contributed by atoms with van der Waals surface area (Å²) in [6, 6.07) is 19.0. The van der Waals surface area contributed by atoms with Crippen LogP contribution in [0.15, 0.2) is 66.9 Å². The molecule has 2 aromatic heterocycles. The van der Waals surface area contributed by atoms with E-state index in [9.17, 15) is 4.79 Å². The molecule has 5 rings (SSSR count). The quantitative estimate of drug-likeness (QED) is 0.429. The van der Waals surface area contributed by atoms with Crippen molar-refractivity contribution in [3.05, 3.63) is 94.4 Å². The number of nitrogens with one attached hydrogen (secondary N) is 2. The zero-order chi connectivity index (χ0) is 22.8. The fraction of sp³-hybridized carbons (Fsp3) is 0.231. The second-order valence-electron chi connectivity index (χ2n) is 8.16. The summed E-state index contributed by atoms with van der Waals surface area (Å²) in [6.45, 7) is 5.15. The summed E-state index contributed by atoms with van der Waals surface area (Å²) < 4.78 is 5.61. The van der Waals surface area contributed by atoms with Gasteiger partial charge < -0.3 is 15.0 Å². The number of rotatable bonds is 5. The molecule has 0 bridgehead atoms. The SMILES string of the molecule is Cc1[nH]c2ccc(NC(=O)c3ccccc3Cl)cc2c1[C@H](c1ccccn1)N1CCOCC1. The minimum Gasteiger partial charge on any atom is -0.379 e. The number of halogens is 1. The van der Waals surface area contributed by atoms with Crippen LogP contribution in [0.1, 0.15) is 33.4 Å². The number of morpholine rings is 1. The highest BCUT2D eigenvalue weighted by Crippen LogP contribution is 2.37. The van der Waals surface area contributed by atoms with Crippen molar-refractivity contribution in [1.82, 2.24) is 14.9 Å². The lowest BCUT2D eigenvalue weighted by molar-refractivity contribution is 0.0234. The molecule has 168 valence electrons. The van der Waals surface area contributed by atoms with E-state index in [1.54, 1.807) is 18.2 Å². The van der Waals surface area contributed by atoms with Crippen molar-refractivity contribution in [3.63, 3.8) is 0 Å². The van der Waals surface area contributed by atoms with Crippen molar-refractivity contribution in [2.45, 2.75) is 13.0 Å². The molecule has 1 aliphatic rings. The normalized spacial score (nSPS) is 15.5. The second-order valence-corrected chi connectivity index (χ2v) is 8.57. The lowest BCUT2D eigenvalue weighted by Crippen LogP contribution is -2.40. The van der Waals surface area contributed by atoms with Crippen LogP contribution in [0.4, 0.5) is 5.69 Å². The van der Waals surface area contributed by atoms with Gasteiger partial charge in [0.15, 0.2) is 0 Å². The standard InChI is InChI=1S/C26H25ClN4O2/c1-17-24(25(23-8-4-5-11-28-23)31-12-14-33-15-13-31)20-16-18(9-10-22(20)29-17)30-26(32)19-6-2-3-7-21(19)27/h2-11,16,25,29H,12-15H2,1H3,(H,30,32)/t25-/m0/s1. The average molecular weight is 461 g/mol. The molecule has 7 heteroatoms. The molecule has 1 amide bonds. The van der Waals surface area contributed by atoms with Gasteiger partial charge in [-0.25, -0.2) is 0 Å². The van der Waals surface area contributed by atoms with E-state index in [0.717, 1.165) is 41.1 Å². The maximum absolute atomic E-state index is 12.8. The molecule has 1 fully saturated rings. The van der Waals surface area contributed by atoms with Gasteiger partial charge >= 0.3 is 0 Å². The monoisotopic (exact) mass is 460 g/mol. The Morgan fingerprint density at radius 1 is 1.12 bits per heavy atom. The zero-order valence-electron chi connectivity index (χ0n) is 18.3. The van der Waals surface area contributed by atoms with Crippen molar-refractivity contribution in [3.8, 4) is 0 Å². The van der Waals surface area contributed by atoms with Gasteiger partial charge in [-0.2, -0.15) is 0 Å². The number of ether oxygens (including phenoxy) is 1. The first-order valence-electron chi connectivity index (χ1n) is 11.0. The van der Waals surface area contributed by atoms with Crippen LogP contribution < -0.4 is 5.32 Å². The highest BCUT2D eigenvalue weighted by Gasteiger charge is 2.29. The van der Waals surface area contributed by atoms with Crippen molar-refractivity contribution >= 4 is 34.1 Å². The zero-order valence-corrected chi connectivity index (χ0v) is 19.1. The Hall–Kier alpha value is -3.19. The van der Waals surface area contributed by atoms with Gasteiger partial charge in [0.1, 0.15) is 0 Å². The topological polar surface area (TPSA) is 70.2 Å². The molecular formula is C26H25ClN4O2. The van der Waals surface area contributed by atoms with E-state index in [1.807, 2.05) is 42.6 Å². The van der Waals surface area contributed by atoms with E-state index in [0.29, 0.717) is 23.8 Å². The molecule has 1 saturated heterocycles. The molecule has 2 aromatic carbocycles. The van der Waals surface area contributed by atoms with Crippen LogP contribution in [0.25, 0.3) is 10.9 Å². The highest BCUT2D eigenvalue weighted by molar-refractivity contribution is 6.34. The fourth-order valence-corrected chi connectivity index (χ4v) is 4.73. The fourth-order valence-electron chi connectivity index (χ4n) is 4.51. The summed E-state index contributed by atoms with van der Waals surface area (Å²) in [5.41, 5.74) is 5.43. The van der Waals surface area contributed by atoms with Gasteiger partial charge in [-0.15, -0.1) is 0 Å². The Kier molecular flexibility index (Phi) is 6.13. The molecule has 0 spiro atoms. The van der Waals surface area contributed by atoms with Gasteiger partial charge in [-0.3, -0.25) is 14.7 Å². The largest absolute Gasteiger partial charge is 0.379 e. The van der Waals surface area contributed by atoms with Crippen LogP contribution in [0, 0.1) is 6.92 Å². The molecule has 33 heavy (non-hydrogen) atoms. The number of carbonyl (C=O) groups is 1. The highest BCUT2D eigenvalue weighted by atomic mass is 35.5. The third-order valence-corrected chi connectivity index (χ3v) is 6.39. The van der Waals surface area contributed by atoms with Gasteiger partial charge in [0.2, 0.25) is 0 Å². The van der Waals surface area contributed by atoms with Crippen molar-refractivity contribution in [2.24, 2.45) is 0 Å². The Labute approximate surface area is 197 Å². The molecule has 3 heterocycles. The second kappa shape index (κ2) is 9.35. The number of fused-ring (bicyclic) bond motifs is 1. The van der Waals surface area contributed by atoms with Crippen LogP contribution in [0.3, 0.4) is 0 Å². The summed E-state index contributed by atoms with van der Waals surface area (Å²) in [4.78, 5) is 23.5. The van der Waals surface area contributed by atoms with Gasteiger partial charge in [-0.05, 0) is 49.4 Å². The number of nitrogens with zero attached hydrogens (tertiary/aromatic N) is 2. The predicted octanol–water partition coefficient (Wildman–Crippen LogP) is 5.20. The van der Waals surface area contributed by atoms with E-state index < -0.39 is 0 Å². The number of pyridine rings is 1. The molecule has 1 atom stereocenters. The van der Waals surface area contributed by atoms with E-state index in [-0.39, 0.29) is 11.9 Å². The number of aromatic nitrogens is 2. The number of aromatic amines is 1. The first-order valence-corrected chi connectivity index (χ1v) is 11.4. The van der Waals surface area contributed by atoms with Gasteiger partial charge in [0.05, 0.1) is 35.5 Å². The van der Waals surface area contributed by atoms with Crippen molar-refractivity contribution in [1.29, 1.82) is 0 Å². The molecule has 0 unspecified atom stereocenters. The first kappa shape index (κ1) is 21.6. The average Bonchev–Trinajstić information content (AvgIpc) is 3.16. The van der Waals surface area contributed by atoms with E-state index in [1.165, 1.54) is 5.56 Å². The van der Waals surface area contributed by atoms with E-state index >= 15 is 0 Å². The lowest BCUT2D eigenvalue weighted by atomic mass is 9.97. The van der Waals surface area contributed by atoms with Crippen molar-refractivity contribution in [2.75, 3.05) is 31.6 Å². The number of hydrogen-bond acceptors (Lipinski definition) is 4. The number of H-pyrrole nitrogens is 1. The van der Waals surface area contributed by atoms with E-state index in [2.05, 4.69) is 28.2 Å². The Bertz CT molecular complexity index is 1280. The maximum atomic E-state index is 12.8. The molecule has 0 saturated carbocycles. The predicted molar refractivity (Wildman–Crippen MR) is 131 cm³/mol. The number of amides is 1. The smallest absolute Gasteiger partial charge is 0.257 e. The number of benzene rings is 2. The molecule has 1 aliphatic heterocycles. The third kappa shape index (κ3) is 4.37. The molecule has 2 N–H and O–H groups in total. The van der Waals surface area contributed by atoms with Crippen LogP contribution >= 0.6 is 11.6 Å². The molecule has 0 radical (unpaired) electrons. The lowest BCUT2D eigenvalue weighted by Gasteiger charge is -2.34. The van der Waals surface area contributed by atoms with Crippen LogP contribution in [-0.4, -0.2) is 47.1 Å². The summed E-state index contributed by atoms with van der Waals surface area (Å²) in [7, 11) is 0. The molecule has 0 aliphatic carbocycles. The Morgan fingerprint density at radius 3 is 2.67 bits per heavy atom. The minimum absolute atomic E-state index is 0.0154. The Balaban J connectivity index is 1.56. The van der Waals surface area contributed by atoms with Crippen LogP contribution in [0.2, 0.25) is 5.02 Å². The summed E-state index contributed by atoms with van der Waals surface area (Å²) in [6.07, 6.45) is 1.84. The minimum atomic E-state index is -0.233. The van der Waals surface area contributed by atoms with Crippen molar-refractivity contribution < 1.29 is 9.53 Å². The number of anilines is 1. The number of carbonyl (C=O) groups excluding carboxylic acids is 1. The maximum Gasteiger partial charge on any atom is 0.257 e. The van der Waals surface area contributed by atoms with Crippen LogP contribution in [0.5, 0.6) is 0 Å². The van der Waals surface area contributed by atoms with Crippen LogP contribution in [-0.2, 0) is 4.74 Å². The Morgan fingerprint density at radius 2 is 1.91 bits per heavy atom. The number of aryl methyl sites for hydroxylation is 1. The van der Waals surface area contributed by atoms with E-state index in [4.69, 9.17) is 21.3 Å². The summed E-state index contributed by atoms with van der Waals surface area (Å²) in [5, 5.41) is 4.49. The molecule has 6 nitrogen and oxygen atoms in total. The van der Waals surface area contributed by atoms with Gasteiger partial charge in [0, 0.05) is 47.1 Å². The first-order chi connectivity index (χ1) is 16.1. The number of hydrogen-bond donors (Lipinski definition) is 2. The molecule has 4 aromatic rings.